The van der Waals surface area contributed by atoms with E-state index in [9.17, 15) is 14.7 Å². The van der Waals surface area contributed by atoms with Crippen molar-refractivity contribution in [2.45, 2.75) is 38.8 Å². The topological polar surface area (TPSA) is 73.7 Å². The van der Waals surface area contributed by atoms with Crippen molar-refractivity contribution in [1.29, 1.82) is 0 Å². The van der Waals surface area contributed by atoms with Crippen LogP contribution in [0.5, 0.6) is 0 Å². The Hall–Kier alpha value is -2.73. The van der Waals surface area contributed by atoms with Crippen molar-refractivity contribution in [2.24, 2.45) is 5.92 Å². The van der Waals surface area contributed by atoms with Crippen LogP contribution in [-0.4, -0.2) is 63.5 Å². The van der Waals surface area contributed by atoms with Gasteiger partial charge in [-0.2, -0.15) is 0 Å². The zero-order valence-corrected chi connectivity index (χ0v) is 17.2. The number of nitrogens with zero attached hydrogens (tertiary/aromatic N) is 3. The fourth-order valence-electron chi connectivity index (χ4n) is 4.29. The minimum Gasteiger partial charge on any atom is -0.394 e. The summed E-state index contributed by atoms with van der Waals surface area (Å²) in [6.45, 7) is 6.52. The van der Waals surface area contributed by atoms with Gasteiger partial charge < -0.3 is 14.9 Å². The predicted octanol–water partition coefficient (Wildman–Crippen LogP) is 2.56. The van der Waals surface area contributed by atoms with Crippen LogP contribution in [0.4, 0.5) is 0 Å². The summed E-state index contributed by atoms with van der Waals surface area (Å²) >= 11 is 0. The van der Waals surface area contributed by atoms with Crippen molar-refractivity contribution in [2.75, 3.05) is 19.7 Å². The van der Waals surface area contributed by atoms with Gasteiger partial charge in [0.25, 0.3) is 5.91 Å². The van der Waals surface area contributed by atoms with Gasteiger partial charge in [0.2, 0.25) is 5.91 Å². The third-order valence-corrected chi connectivity index (χ3v) is 5.44. The highest BCUT2D eigenvalue weighted by Crippen LogP contribution is 2.41. The van der Waals surface area contributed by atoms with Crippen molar-refractivity contribution in [1.82, 2.24) is 14.8 Å². The minimum atomic E-state index is -0.272. The van der Waals surface area contributed by atoms with Crippen molar-refractivity contribution in [3.05, 3.63) is 66.0 Å². The number of carbonyl (C=O) groups is 2. The van der Waals surface area contributed by atoms with E-state index >= 15 is 0 Å². The second-order valence-corrected chi connectivity index (χ2v) is 8.00. The molecular weight excluding hydrogens is 366 g/mol. The molecule has 0 unspecified atom stereocenters. The molecule has 0 saturated carbocycles. The number of carbonyl (C=O) groups excluding carboxylic acids is 2. The van der Waals surface area contributed by atoms with Gasteiger partial charge in [0, 0.05) is 32.1 Å². The first-order valence-electron chi connectivity index (χ1n) is 10.1. The Morgan fingerprint density at radius 3 is 2.34 bits per heavy atom. The molecule has 29 heavy (non-hydrogen) atoms. The molecule has 0 aliphatic carbocycles. The first-order valence-corrected chi connectivity index (χ1v) is 10.1. The molecule has 1 fully saturated rings. The van der Waals surface area contributed by atoms with Crippen molar-refractivity contribution in [3.8, 4) is 0 Å². The summed E-state index contributed by atoms with van der Waals surface area (Å²) in [5.41, 5.74) is 1.47. The Kier molecular flexibility index (Phi) is 6.64. The van der Waals surface area contributed by atoms with Crippen LogP contribution in [0.15, 0.2) is 54.7 Å². The second kappa shape index (κ2) is 9.18. The zero-order valence-electron chi connectivity index (χ0n) is 17.2. The van der Waals surface area contributed by atoms with Crippen LogP contribution in [0.2, 0.25) is 0 Å². The highest BCUT2D eigenvalue weighted by atomic mass is 16.3. The summed E-state index contributed by atoms with van der Waals surface area (Å²) in [7, 11) is 0. The number of aliphatic hydroxyl groups is 1. The summed E-state index contributed by atoms with van der Waals surface area (Å²) in [6.07, 6.45) is 1.61. The summed E-state index contributed by atoms with van der Waals surface area (Å²) in [6, 6.07) is 14.7. The smallest absolute Gasteiger partial charge is 0.272 e. The van der Waals surface area contributed by atoms with E-state index in [1.54, 1.807) is 34.2 Å². The van der Waals surface area contributed by atoms with E-state index in [0.29, 0.717) is 18.8 Å². The molecule has 3 rings (SSSR count). The van der Waals surface area contributed by atoms with Gasteiger partial charge >= 0.3 is 0 Å². The van der Waals surface area contributed by atoms with Crippen LogP contribution in [0.1, 0.15) is 42.7 Å². The number of benzene rings is 1. The number of rotatable bonds is 7. The fourth-order valence-corrected chi connectivity index (χ4v) is 4.29. The maximum absolute atomic E-state index is 13.1. The van der Waals surface area contributed by atoms with Gasteiger partial charge in [0.05, 0.1) is 18.7 Å². The lowest BCUT2D eigenvalue weighted by Gasteiger charge is -2.55. The first-order chi connectivity index (χ1) is 13.9. The molecule has 0 spiro atoms. The third kappa shape index (κ3) is 4.48. The van der Waals surface area contributed by atoms with Crippen molar-refractivity contribution >= 4 is 11.8 Å². The molecule has 0 radical (unpaired) electrons. The van der Waals surface area contributed by atoms with Crippen LogP contribution in [0.3, 0.4) is 0 Å². The lowest BCUT2D eigenvalue weighted by atomic mass is 9.74. The SMILES string of the molecule is CC(=O)N1[C@@H](CO)[C@@H](c2ccccc2)[C@@H]1CN(CC(C)C)C(=O)c1ccccn1. The monoisotopic (exact) mass is 395 g/mol. The van der Waals surface area contributed by atoms with Gasteiger partial charge in [-0.25, -0.2) is 0 Å². The van der Waals surface area contributed by atoms with E-state index in [4.69, 9.17) is 0 Å². The summed E-state index contributed by atoms with van der Waals surface area (Å²) in [5.74, 6) is 0.0340. The number of pyridine rings is 1. The van der Waals surface area contributed by atoms with Crippen LogP contribution in [-0.2, 0) is 4.79 Å². The van der Waals surface area contributed by atoms with Crippen molar-refractivity contribution in [3.63, 3.8) is 0 Å². The van der Waals surface area contributed by atoms with Crippen LogP contribution in [0.25, 0.3) is 0 Å². The molecule has 2 aromatic rings. The average Bonchev–Trinajstić information content (AvgIpc) is 2.70. The molecule has 154 valence electrons. The van der Waals surface area contributed by atoms with Crippen LogP contribution >= 0.6 is 0 Å². The molecule has 1 N–H and O–H groups in total. The third-order valence-electron chi connectivity index (χ3n) is 5.44. The summed E-state index contributed by atoms with van der Waals surface area (Å²) < 4.78 is 0. The summed E-state index contributed by atoms with van der Waals surface area (Å²) in [4.78, 5) is 33.2. The molecule has 6 heteroatoms. The number of aromatic nitrogens is 1. The Bertz CT molecular complexity index is 826. The fraction of sp³-hybridized carbons (Fsp3) is 0.435. The quantitative estimate of drug-likeness (QED) is 0.782. The molecule has 3 atom stereocenters. The van der Waals surface area contributed by atoms with Gasteiger partial charge in [-0.1, -0.05) is 50.2 Å². The number of amides is 2. The number of hydrogen-bond acceptors (Lipinski definition) is 4. The molecule has 1 aromatic carbocycles. The number of likely N-dealkylation sites (tertiary alicyclic amines) is 1. The first kappa shape index (κ1) is 21.0. The molecular formula is C23H29N3O3. The van der Waals surface area contributed by atoms with E-state index < -0.39 is 0 Å². The summed E-state index contributed by atoms with van der Waals surface area (Å²) in [5, 5.41) is 9.94. The normalized spacial score (nSPS) is 21.0. The molecule has 0 bridgehead atoms. The van der Waals surface area contributed by atoms with E-state index in [0.717, 1.165) is 5.56 Å². The van der Waals surface area contributed by atoms with Gasteiger partial charge in [0.1, 0.15) is 5.69 Å². The molecule has 2 heterocycles. The molecule has 6 nitrogen and oxygen atoms in total. The van der Waals surface area contributed by atoms with Crippen LogP contribution in [0, 0.1) is 5.92 Å². The Labute approximate surface area is 172 Å². The van der Waals surface area contributed by atoms with E-state index in [2.05, 4.69) is 18.8 Å². The van der Waals surface area contributed by atoms with Crippen molar-refractivity contribution < 1.29 is 14.7 Å². The van der Waals surface area contributed by atoms with Gasteiger partial charge in [0.15, 0.2) is 0 Å². The zero-order chi connectivity index (χ0) is 21.0. The highest BCUT2D eigenvalue weighted by Gasteiger charge is 2.50. The maximum atomic E-state index is 13.1. The minimum absolute atomic E-state index is 0.0173. The van der Waals surface area contributed by atoms with E-state index in [-0.39, 0.29) is 42.3 Å². The molecule has 1 aliphatic heterocycles. The maximum Gasteiger partial charge on any atom is 0.272 e. The molecule has 2 amide bonds. The van der Waals surface area contributed by atoms with Gasteiger partial charge in [-0.3, -0.25) is 14.6 Å². The molecule has 1 aliphatic rings. The Morgan fingerprint density at radius 1 is 1.10 bits per heavy atom. The van der Waals surface area contributed by atoms with Gasteiger partial charge in [-0.05, 0) is 23.6 Å². The number of hydrogen-bond donors (Lipinski definition) is 1. The standard InChI is InChI=1S/C23H29N3O3/c1-16(2)13-25(23(29)19-11-7-8-12-24-19)14-20-22(18-9-5-4-6-10-18)21(15-27)26(20)17(3)28/h4-12,16,20-22,27H,13-15H2,1-3H3/t20-,21-,22-/m0/s1. The van der Waals surface area contributed by atoms with E-state index in [1.807, 2.05) is 30.3 Å². The Morgan fingerprint density at radius 2 is 1.79 bits per heavy atom. The Balaban J connectivity index is 1.90. The van der Waals surface area contributed by atoms with Crippen LogP contribution < -0.4 is 0 Å². The molecule has 1 aromatic heterocycles. The lowest BCUT2D eigenvalue weighted by molar-refractivity contribution is -0.149. The molecule has 1 saturated heterocycles. The number of aliphatic hydroxyl groups excluding tert-OH is 1. The lowest BCUT2D eigenvalue weighted by Crippen LogP contribution is -2.68. The van der Waals surface area contributed by atoms with E-state index in [1.165, 1.54) is 6.92 Å². The highest BCUT2D eigenvalue weighted by molar-refractivity contribution is 5.92. The van der Waals surface area contributed by atoms with Gasteiger partial charge in [-0.15, -0.1) is 0 Å². The predicted molar refractivity (Wildman–Crippen MR) is 111 cm³/mol. The second-order valence-electron chi connectivity index (χ2n) is 8.00. The largest absolute Gasteiger partial charge is 0.394 e. The average molecular weight is 396 g/mol.